The molecule has 0 bridgehead atoms. The first kappa shape index (κ1) is 15.4. The molecule has 2 amide bonds. The van der Waals surface area contributed by atoms with Gasteiger partial charge >= 0.3 is 0 Å². The third-order valence-corrected chi connectivity index (χ3v) is 5.36. The second-order valence-electron chi connectivity index (χ2n) is 6.06. The Morgan fingerprint density at radius 3 is 3.04 bits per heavy atom. The molecule has 4 rings (SSSR count). The van der Waals surface area contributed by atoms with E-state index >= 15 is 0 Å². The molecule has 2 aliphatic rings. The standard InChI is InChI=1S/C17H18N2O4S/c20-16(18-8-12-2-1-5-22-12)13-9-19(14-3-6-23-15(13)14)17(21)11-4-7-24-10-11/h1-2,4-5,7,10,13-15H,3,6,8-9H2,(H,18,20). The molecule has 2 saturated heterocycles. The van der Waals surface area contributed by atoms with E-state index in [0.717, 1.165) is 6.42 Å². The Morgan fingerprint density at radius 1 is 1.38 bits per heavy atom. The first-order valence-corrected chi connectivity index (χ1v) is 8.93. The van der Waals surface area contributed by atoms with Crippen LogP contribution in [0.15, 0.2) is 39.6 Å². The summed E-state index contributed by atoms with van der Waals surface area (Å²) in [5, 5.41) is 6.62. The average molecular weight is 346 g/mol. The van der Waals surface area contributed by atoms with E-state index in [2.05, 4.69) is 5.32 Å². The summed E-state index contributed by atoms with van der Waals surface area (Å²) in [7, 11) is 0. The van der Waals surface area contributed by atoms with Crippen LogP contribution in [0.2, 0.25) is 0 Å². The van der Waals surface area contributed by atoms with E-state index in [0.29, 0.717) is 31.0 Å². The molecule has 24 heavy (non-hydrogen) atoms. The van der Waals surface area contributed by atoms with Gasteiger partial charge in [0.2, 0.25) is 5.91 Å². The molecule has 3 atom stereocenters. The van der Waals surface area contributed by atoms with Gasteiger partial charge in [0.25, 0.3) is 5.91 Å². The van der Waals surface area contributed by atoms with Crippen molar-refractivity contribution in [2.75, 3.05) is 13.2 Å². The minimum Gasteiger partial charge on any atom is -0.467 e. The Hall–Kier alpha value is -2.12. The van der Waals surface area contributed by atoms with Crippen LogP contribution >= 0.6 is 11.3 Å². The van der Waals surface area contributed by atoms with E-state index in [1.807, 2.05) is 22.9 Å². The summed E-state index contributed by atoms with van der Waals surface area (Å²) in [5.74, 6) is 0.258. The number of fused-ring (bicyclic) bond motifs is 1. The molecule has 126 valence electrons. The van der Waals surface area contributed by atoms with Crippen molar-refractivity contribution in [3.63, 3.8) is 0 Å². The van der Waals surface area contributed by atoms with Gasteiger partial charge in [-0.1, -0.05) is 0 Å². The van der Waals surface area contributed by atoms with Crippen LogP contribution < -0.4 is 5.32 Å². The zero-order valence-electron chi connectivity index (χ0n) is 13.0. The fraction of sp³-hybridized carbons (Fsp3) is 0.412. The van der Waals surface area contributed by atoms with E-state index in [4.69, 9.17) is 9.15 Å². The molecule has 7 heteroatoms. The second kappa shape index (κ2) is 6.41. The van der Waals surface area contributed by atoms with E-state index in [9.17, 15) is 9.59 Å². The molecule has 2 aromatic heterocycles. The summed E-state index contributed by atoms with van der Waals surface area (Å²) < 4.78 is 11.0. The Balaban J connectivity index is 1.46. The lowest BCUT2D eigenvalue weighted by Gasteiger charge is -2.21. The summed E-state index contributed by atoms with van der Waals surface area (Å²) in [5.41, 5.74) is 0.683. The molecule has 3 unspecified atom stereocenters. The summed E-state index contributed by atoms with van der Waals surface area (Å²) in [4.78, 5) is 27.1. The molecule has 0 aliphatic carbocycles. The number of thiophene rings is 1. The third-order valence-electron chi connectivity index (χ3n) is 4.68. The van der Waals surface area contributed by atoms with Gasteiger partial charge in [-0.05, 0) is 30.0 Å². The van der Waals surface area contributed by atoms with Crippen LogP contribution in [-0.2, 0) is 16.1 Å². The number of nitrogens with zero attached hydrogens (tertiary/aromatic N) is 1. The van der Waals surface area contributed by atoms with Gasteiger partial charge < -0.3 is 19.4 Å². The van der Waals surface area contributed by atoms with Crippen LogP contribution in [0.25, 0.3) is 0 Å². The normalized spacial score (nSPS) is 25.7. The number of nitrogens with one attached hydrogen (secondary N) is 1. The van der Waals surface area contributed by atoms with E-state index < -0.39 is 0 Å². The maximum Gasteiger partial charge on any atom is 0.255 e. The van der Waals surface area contributed by atoms with Gasteiger partial charge in [0.15, 0.2) is 0 Å². The number of hydrogen-bond donors (Lipinski definition) is 1. The molecular weight excluding hydrogens is 328 g/mol. The van der Waals surface area contributed by atoms with Crippen LogP contribution in [-0.4, -0.2) is 42.0 Å². The molecule has 4 heterocycles. The van der Waals surface area contributed by atoms with Gasteiger partial charge in [-0.15, -0.1) is 0 Å². The monoisotopic (exact) mass is 346 g/mol. The lowest BCUT2D eigenvalue weighted by Crippen LogP contribution is -2.37. The maximum atomic E-state index is 12.7. The van der Waals surface area contributed by atoms with Crippen LogP contribution in [0.4, 0.5) is 0 Å². The Kier molecular flexibility index (Phi) is 4.12. The second-order valence-corrected chi connectivity index (χ2v) is 6.84. The van der Waals surface area contributed by atoms with Crippen molar-refractivity contribution in [1.29, 1.82) is 0 Å². The first-order valence-electron chi connectivity index (χ1n) is 7.99. The van der Waals surface area contributed by atoms with Gasteiger partial charge in [0.1, 0.15) is 5.76 Å². The number of hydrogen-bond acceptors (Lipinski definition) is 5. The van der Waals surface area contributed by atoms with Gasteiger partial charge in [-0.3, -0.25) is 9.59 Å². The lowest BCUT2D eigenvalue weighted by atomic mass is 10.0. The van der Waals surface area contributed by atoms with Gasteiger partial charge in [-0.25, -0.2) is 0 Å². The van der Waals surface area contributed by atoms with Crippen molar-refractivity contribution < 1.29 is 18.7 Å². The molecule has 0 radical (unpaired) electrons. The number of amides is 2. The molecule has 1 N–H and O–H groups in total. The molecular formula is C17H18N2O4S. The highest BCUT2D eigenvalue weighted by atomic mass is 32.1. The Bertz CT molecular complexity index is 713. The maximum absolute atomic E-state index is 12.7. The van der Waals surface area contributed by atoms with Gasteiger partial charge in [0.05, 0.1) is 36.4 Å². The molecule has 0 saturated carbocycles. The number of carbonyl (C=O) groups is 2. The first-order chi connectivity index (χ1) is 11.7. The molecule has 2 fully saturated rings. The highest BCUT2D eigenvalue weighted by molar-refractivity contribution is 7.08. The van der Waals surface area contributed by atoms with Crippen LogP contribution in [0.1, 0.15) is 22.5 Å². The fourth-order valence-corrected chi connectivity index (χ4v) is 4.13. The van der Waals surface area contributed by atoms with Crippen molar-refractivity contribution >= 4 is 23.2 Å². The number of carbonyl (C=O) groups excluding carboxylic acids is 2. The Labute approximate surface area is 143 Å². The zero-order valence-corrected chi connectivity index (χ0v) is 13.8. The summed E-state index contributed by atoms with van der Waals surface area (Å²) in [6.07, 6.45) is 2.14. The SMILES string of the molecule is O=C(NCc1ccco1)C1CN(C(=O)c2ccsc2)C2CCOC12. The van der Waals surface area contributed by atoms with Crippen molar-refractivity contribution in [1.82, 2.24) is 10.2 Å². The minimum absolute atomic E-state index is 0.0157. The molecule has 2 aliphatic heterocycles. The van der Waals surface area contributed by atoms with Gasteiger partial charge in [-0.2, -0.15) is 11.3 Å². The predicted molar refractivity (Wildman–Crippen MR) is 87.5 cm³/mol. The summed E-state index contributed by atoms with van der Waals surface area (Å²) in [6, 6.07) is 5.41. The molecule has 0 spiro atoms. The van der Waals surface area contributed by atoms with E-state index in [1.165, 1.54) is 11.3 Å². The smallest absolute Gasteiger partial charge is 0.255 e. The highest BCUT2D eigenvalue weighted by Crippen LogP contribution is 2.34. The number of ether oxygens (including phenoxy) is 1. The lowest BCUT2D eigenvalue weighted by molar-refractivity contribution is -0.127. The van der Waals surface area contributed by atoms with E-state index in [-0.39, 0.29) is 29.9 Å². The van der Waals surface area contributed by atoms with E-state index in [1.54, 1.807) is 17.2 Å². The minimum atomic E-state index is -0.338. The third kappa shape index (κ3) is 2.74. The average Bonchev–Trinajstić information content (AvgIpc) is 3.37. The number of likely N-dealkylation sites (tertiary alicyclic amines) is 1. The topological polar surface area (TPSA) is 71.8 Å². The van der Waals surface area contributed by atoms with Crippen LogP contribution in [0, 0.1) is 5.92 Å². The predicted octanol–water partition coefficient (Wildman–Crippen LogP) is 1.89. The molecule has 0 aromatic carbocycles. The quantitative estimate of drug-likeness (QED) is 0.918. The number of rotatable bonds is 4. The highest BCUT2D eigenvalue weighted by Gasteiger charge is 2.50. The zero-order chi connectivity index (χ0) is 16.5. The van der Waals surface area contributed by atoms with Crippen molar-refractivity contribution in [3.8, 4) is 0 Å². The van der Waals surface area contributed by atoms with Crippen molar-refractivity contribution in [2.45, 2.75) is 25.1 Å². The van der Waals surface area contributed by atoms with Crippen molar-refractivity contribution in [3.05, 3.63) is 46.5 Å². The van der Waals surface area contributed by atoms with Crippen molar-refractivity contribution in [2.24, 2.45) is 5.92 Å². The molecule has 2 aromatic rings. The summed E-state index contributed by atoms with van der Waals surface area (Å²) in [6.45, 7) is 1.33. The largest absolute Gasteiger partial charge is 0.467 e. The van der Waals surface area contributed by atoms with Crippen LogP contribution in [0.3, 0.4) is 0 Å². The Morgan fingerprint density at radius 2 is 2.29 bits per heavy atom. The number of furan rings is 1. The summed E-state index contributed by atoms with van der Waals surface area (Å²) >= 11 is 1.50. The van der Waals surface area contributed by atoms with Gasteiger partial charge in [0, 0.05) is 18.5 Å². The van der Waals surface area contributed by atoms with Crippen LogP contribution in [0.5, 0.6) is 0 Å². The fourth-order valence-electron chi connectivity index (χ4n) is 3.51. The molecule has 6 nitrogen and oxygen atoms in total.